The molecule has 0 radical (unpaired) electrons. The van der Waals surface area contributed by atoms with Crippen LogP contribution < -0.4 is 5.73 Å². The average Bonchev–Trinajstić information content (AvgIpc) is 2.77. The molecular formula is C12H14F3NO5S2. The number of allylic oxidation sites excluding steroid dienone is 4. The Morgan fingerprint density at radius 3 is 2.30 bits per heavy atom. The van der Waals surface area contributed by atoms with Gasteiger partial charge in [0.1, 0.15) is 5.25 Å². The maximum atomic E-state index is 11.7. The lowest BCUT2D eigenvalue weighted by atomic mass is 9.95. The lowest BCUT2D eigenvalue weighted by Gasteiger charge is -2.20. The number of carboxylic acid groups (broad SMARTS) is 1. The first kappa shape index (κ1) is 19.6. The zero-order valence-corrected chi connectivity index (χ0v) is 13.4. The third kappa shape index (κ3) is 4.99. The molecule has 3 atom stereocenters. The van der Waals surface area contributed by atoms with Gasteiger partial charge in [-0.2, -0.15) is 13.2 Å². The van der Waals surface area contributed by atoms with Gasteiger partial charge in [0.05, 0.1) is 5.25 Å². The van der Waals surface area contributed by atoms with Gasteiger partial charge < -0.3 is 10.8 Å². The van der Waals surface area contributed by atoms with Gasteiger partial charge in [-0.1, -0.05) is 18.2 Å². The van der Waals surface area contributed by atoms with E-state index in [-0.39, 0.29) is 5.92 Å². The fourth-order valence-electron chi connectivity index (χ4n) is 2.22. The predicted octanol–water partition coefficient (Wildman–Crippen LogP) is 1.09. The molecule has 130 valence electrons. The number of primary amides is 1. The van der Waals surface area contributed by atoms with Gasteiger partial charge in [0.25, 0.3) is 0 Å². The standard InChI is InChI=1S/C10H13NO3S2.C2HF3O2/c1-16(13,14)9-6-4-2-3-5-7(6)15-8(9)10(11)12;3-2(4,5)1(6)7/h2-3,5-6,8-9H,4H2,1H3,(H2,11,12);(H,6,7). The quantitative estimate of drug-likeness (QED) is 0.749. The number of aliphatic carboxylic acids is 1. The minimum absolute atomic E-state index is 0.0949. The van der Waals surface area contributed by atoms with Gasteiger partial charge in [-0.25, -0.2) is 13.2 Å². The molecule has 1 amide bonds. The summed E-state index contributed by atoms with van der Waals surface area (Å²) in [7, 11) is -3.26. The molecule has 0 aromatic carbocycles. The summed E-state index contributed by atoms with van der Waals surface area (Å²) < 4.78 is 55.2. The van der Waals surface area contributed by atoms with Crippen molar-refractivity contribution >= 4 is 33.5 Å². The molecule has 0 spiro atoms. The predicted molar refractivity (Wildman–Crippen MR) is 78.2 cm³/mol. The van der Waals surface area contributed by atoms with Crippen LogP contribution in [-0.4, -0.2) is 48.3 Å². The van der Waals surface area contributed by atoms with Crippen molar-refractivity contribution in [1.82, 2.24) is 0 Å². The highest BCUT2D eigenvalue weighted by molar-refractivity contribution is 8.06. The molecule has 0 aromatic rings. The van der Waals surface area contributed by atoms with E-state index in [4.69, 9.17) is 15.6 Å². The average molecular weight is 373 g/mol. The van der Waals surface area contributed by atoms with Crippen molar-refractivity contribution in [2.75, 3.05) is 6.26 Å². The Bertz CT molecular complexity index is 652. The number of halogens is 3. The Balaban J connectivity index is 0.000000322. The molecule has 0 saturated carbocycles. The topological polar surface area (TPSA) is 115 Å². The largest absolute Gasteiger partial charge is 0.490 e. The molecule has 11 heteroatoms. The SMILES string of the molecule is CS(=O)(=O)C1C2CC=CC=C2SC1C(N)=O.O=C(O)C(F)(F)F. The number of hydrogen-bond donors (Lipinski definition) is 2. The van der Waals surface area contributed by atoms with Gasteiger partial charge in [-0.05, 0) is 11.3 Å². The van der Waals surface area contributed by atoms with E-state index in [9.17, 15) is 26.4 Å². The smallest absolute Gasteiger partial charge is 0.475 e. The van der Waals surface area contributed by atoms with E-state index >= 15 is 0 Å². The number of carbonyl (C=O) groups excluding carboxylic acids is 1. The number of nitrogens with two attached hydrogens (primary N) is 1. The molecule has 1 aliphatic carbocycles. The second-order valence-corrected chi connectivity index (χ2v) is 8.30. The van der Waals surface area contributed by atoms with Crippen LogP contribution in [0.1, 0.15) is 6.42 Å². The number of rotatable bonds is 2. The highest BCUT2D eigenvalue weighted by Crippen LogP contribution is 2.48. The molecule has 0 bridgehead atoms. The Labute approximate surface area is 134 Å². The van der Waals surface area contributed by atoms with Gasteiger partial charge in [-0.3, -0.25) is 4.79 Å². The van der Waals surface area contributed by atoms with Crippen LogP contribution in [0.2, 0.25) is 0 Å². The number of sulfone groups is 1. The van der Waals surface area contributed by atoms with Crippen molar-refractivity contribution < 1.29 is 36.3 Å². The van der Waals surface area contributed by atoms with Crippen LogP contribution in [0.25, 0.3) is 0 Å². The Morgan fingerprint density at radius 1 is 1.39 bits per heavy atom. The van der Waals surface area contributed by atoms with Crippen molar-refractivity contribution in [1.29, 1.82) is 0 Å². The number of alkyl halides is 3. The van der Waals surface area contributed by atoms with Crippen LogP contribution in [0, 0.1) is 5.92 Å². The summed E-state index contributed by atoms with van der Waals surface area (Å²) in [6, 6.07) is 0. The highest BCUT2D eigenvalue weighted by atomic mass is 32.2. The molecule has 3 N–H and O–H groups in total. The molecule has 1 saturated heterocycles. The molecule has 1 aliphatic heterocycles. The van der Waals surface area contributed by atoms with Crippen molar-refractivity contribution in [2.45, 2.75) is 23.1 Å². The van der Waals surface area contributed by atoms with Crippen molar-refractivity contribution in [2.24, 2.45) is 11.7 Å². The molecule has 23 heavy (non-hydrogen) atoms. The monoisotopic (exact) mass is 373 g/mol. The first-order chi connectivity index (χ1) is 10.4. The van der Waals surface area contributed by atoms with Gasteiger partial charge in [0, 0.05) is 12.2 Å². The first-order valence-corrected chi connectivity index (χ1v) is 9.00. The van der Waals surface area contributed by atoms with E-state index < -0.39 is 38.4 Å². The summed E-state index contributed by atoms with van der Waals surface area (Å²) in [5.74, 6) is -3.40. The minimum Gasteiger partial charge on any atom is -0.475 e. The van der Waals surface area contributed by atoms with Crippen molar-refractivity contribution in [3.05, 3.63) is 23.1 Å². The summed E-state index contributed by atoms with van der Waals surface area (Å²) in [4.78, 5) is 21.1. The Hall–Kier alpha value is -1.49. The molecular weight excluding hydrogens is 359 g/mol. The van der Waals surface area contributed by atoms with Crippen LogP contribution in [0.15, 0.2) is 23.1 Å². The maximum Gasteiger partial charge on any atom is 0.490 e. The number of carboxylic acids is 1. The van der Waals surface area contributed by atoms with E-state index in [0.717, 1.165) is 4.91 Å². The van der Waals surface area contributed by atoms with Crippen LogP contribution in [0.3, 0.4) is 0 Å². The number of thioether (sulfide) groups is 1. The van der Waals surface area contributed by atoms with Crippen LogP contribution >= 0.6 is 11.8 Å². The van der Waals surface area contributed by atoms with Gasteiger partial charge in [0.15, 0.2) is 9.84 Å². The second-order valence-electron chi connectivity index (χ2n) is 4.88. The molecule has 2 rings (SSSR count). The highest BCUT2D eigenvalue weighted by Gasteiger charge is 2.48. The first-order valence-electron chi connectivity index (χ1n) is 6.17. The van der Waals surface area contributed by atoms with Crippen LogP contribution in [-0.2, 0) is 19.4 Å². The van der Waals surface area contributed by atoms with Gasteiger partial charge >= 0.3 is 12.1 Å². The summed E-state index contributed by atoms with van der Waals surface area (Å²) in [6.07, 6.45) is 2.45. The Morgan fingerprint density at radius 2 is 1.91 bits per heavy atom. The molecule has 1 heterocycles. The van der Waals surface area contributed by atoms with E-state index in [2.05, 4.69) is 0 Å². The molecule has 6 nitrogen and oxygen atoms in total. The second kappa shape index (κ2) is 6.95. The van der Waals surface area contributed by atoms with Crippen molar-refractivity contribution in [3.63, 3.8) is 0 Å². The number of fused-ring (bicyclic) bond motifs is 1. The lowest BCUT2D eigenvalue weighted by Crippen LogP contribution is -2.40. The summed E-state index contributed by atoms with van der Waals surface area (Å²) >= 11 is 1.29. The number of amides is 1. The normalized spacial score (nSPS) is 26.6. The summed E-state index contributed by atoms with van der Waals surface area (Å²) in [6.45, 7) is 0. The summed E-state index contributed by atoms with van der Waals surface area (Å²) in [5.41, 5.74) is 5.27. The molecule has 0 aromatic heterocycles. The molecule has 3 unspecified atom stereocenters. The Kier molecular flexibility index (Phi) is 5.91. The van der Waals surface area contributed by atoms with E-state index in [1.165, 1.54) is 18.0 Å². The molecule has 1 fully saturated rings. The van der Waals surface area contributed by atoms with E-state index in [1.807, 2.05) is 18.2 Å². The number of hydrogen-bond acceptors (Lipinski definition) is 5. The van der Waals surface area contributed by atoms with Crippen molar-refractivity contribution in [3.8, 4) is 0 Å². The zero-order valence-electron chi connectivity index (χ0n) is 11.8. The van der Waals surface area contributed by atoms with Crippen LogP contribution in [0.5, 0.6) is 0 Å². The van der Waals surface area contributed by atoms with Gasteiger partial charge in [-0.15, -0.1) is 11.8 Å². The lowest BCUT2D eigenvalue weighted by molar-refractivity contribution is -0.192. The maximum absolute atomic E-state index is 11.7. The van der Waals surface area contributed by atoms with Crippen LogP contribution in [0.4, 0.5) is 13.2 Å². The zero-order chi connectivity index (χ0) is 18.0. The molecule has 2 aliphatic rings. The minimum atomic E-state index is -5.08. The van der Waals surface area contributed by atoms with Gasteiger partial charge in [0.2, 0.25) is 5.91 Å². The van der Waals surface area contributed by atoms with E-state index in [0.29, 0.717) is 6.42 Å². The number of carbonyl (C=O) groups is 2. The third-order valence-electron chi connectivity index (χ3n) is 3.13. The summed E-state index contributed by atoms with van der Waals surface area (Å²) in [5, 5.41) is 5.80. The fourth-order valence-corrected chi connectivity index (χ4v) is 5.82. The van der Waals surface area contributed by atoms with E-state index in [1.54, 1.807) is 0 Å². The fraction of sp³-hybridized carbons (Fsp3) is 0.500. The third-order valence-corrected chi connectivity index (χ3v) is 6.38.